The van der Waals surface area contributed by atoms with Gasteiger partial charge in [0.05, 0.1) is 18.8 Å². The highest BCUT2D eigenvalue weighted by molar-refractivity contribution is 7.18. The Kier molecular flexibility index (Phi) is 9.63. The predicted molar refractivity (Wildman–Crippen MR) is 116 cm³/mol. The Morgan fingerprint density at radius 3 is 2.38 bits per heavy atom. The normalized spacial score (nSPS) is 13.8. The first kappa shape index (κ1) is 25.3. The van der Waals surface area contributed by atoms with E-state index >= 15 is 0 Å². The highest BCUT2D eigenvalue weighted by Crippen LogP contribution is 2.34. The van der Waals surface area contributed by atoms with Gasteiger partial charge in [0.15, 0.2) is 6.61 Å². The fourth-order valence-corrected chi connectivity index (χ4v) is 4.26. The number of ether oxygens (including phenoxy) is 3. The largest absolute Gasteiger partial charge is 0.462 e. The van der Waals surface area contributed by atoms with E-state index in [-0.39, 0.29) is 41.1 Å². The molecule has 1 aromatic heterocycles. The summed E-state index contributed by atoms with van der Waals surface area (Å²) in [6, 6.07) is 0. The molecule has 10 nitrogen and oxygen atoms in total. The molecule has 0 saturated carbocycles. The monoisotopic (exact) mass is 468 g/mol. The molecule has 176 valence electrons. The average Bonchev–Trinajstić information content (AvgIpc) is 2.93. The van der Waals surface area contributed by atoms with Crippen LogP contribution in [-0.4, -0.2) is 67.5 Å². The Hall–Kier alpha value is -2.95. The van der Waals surface area contributed by atoms with Gasteiger partial charge in [0.2, 0.25) is 5.91 Å². The van der Waals surface area contributed by atoms with Gasteiger partial charge in [-0.2, -0.15) is 0 Å². The summed E-state index contributed by atoms with van der Waals surface area (Å²) in [6.45, 7) is 4.78. The van der Waals surface area contributed by atoms with Gasteiger partial charge in [-0.05, 0) is 39.2 Å². The molecule has 0 spiro atoms. The summed E-state index contributed by atoms with van der Waals surface area (Å²) in [6.07, 6.45) is 2.93. The Bertz CT molecular complexity index is 879. The molecule has 1 saturated heterocycles. The number of carbonyl (C=O) groups excluding carboxylic acids is 5. The van der Waals surface area contributed by atoms with Gasteiger partial charge in [-0.15, -0.1) is 11.3 Å². The second kappa shape index (κ2) is 12.2. The second-order valence-corrected chi connectivity index (χ2v) is 8.06. The molecule has 2 amide bonds. The van der Waals surface area contributed by atoms with Crippen LogP contribution < -0.4 is 5.32 Å². The Labute approximate surface area is 190 Å². The standard InChI is InChI=1S/C21H28N2O8S/c1-4-29-20(27)17-13(3)18(21(28)30-5-2)32-19(17)22-14(24)12-31-16(26)11-23-10-8-6-7-9-15(23)25/h4-12H2,1-3H3,(H,22,24). The number of rotatable bonds is 9. The molecular formula is C21H28N2O8S. The van der Waals surface area contributed by atoms with Gasteiger partial charge in [0.1, 0.15) is 16.4 Å². The minimum absolute atomic E-state index is 0.0507. The Morgan fingerprint density at radius 2 is 1.69 bits per heavy atom. The number of esters is 3. The van der Waals surface area contributed by atoms with Crippen molar-refractivity contribution in [2.24, 2.45) is 0 Å². The summed E-state index contributed by atoms with van der Waals surface area (Å²) in [7, 11) is 0. The van der Waals surface area contributed by atoms with Gasteiger partial charge in [-0.1, -0.05) is 6.42 Å². The highest BCUT2D eigenvalue weighted by Gasteiger charge is 2.27. The molecule has 1 aliphatic rings. The highest BCUT2D eigenvalue weighted by atomic mass is 32.1. The lowest BCUT2D eigenvalue weighted by atomic mass is 10.1. The van der Waals surface area contributed by atoms with Crippen molar-refractivity contribution in [3.63, 3.8) is 0 Å². The smallest absolute Gasteiger partial charge is 0.348 e. The number of thiophene rings is 1. The molecule has 2 heterocycles. The first-order valence-corrected chi connectivity index (χ1v) is 11.3. The number of nitrogens with one attached hydrogen (secondary N) is 1. The molecule has 0 atom stereocenters. The zero-order chi connectivity index (χ0) is 23.7. The van der Waals surface area contributed by atoms with Gasteiger partial charge in [0, 0.05) is 13.0 Å². The van der Waals surface area contributed by atoms with E-state index in [1.54, 1.807) is 20.8 Å². The number of hydrogen-bond acceptors (Lipinski definition) is 9. The third-order valence-corrected chi connectivity index (χ3v) is 5.88. The molecular weight excluding hydrogens is 440 g/mol. The molecule has 32 heavy (non-hydrogen) atoms. The van der Waals surface area contributed by atoms with Crippen LogP contribution in [-0.2, 0) is 28.6 Å². The van der Waals surface area contributed by atoms with Crippen LogP contribution in [0.4, 0.5) is 5.00 Å². The van der Waals surface area contributed by atoms with Gasteiger partial charge in [-0.25, -0.2) is 9.59 Å². The fraction of sp³-hybridized carbons (Fsp3) is 0.571. The van der Waals surface area contributed by atoms with Gasteiger partial charge >= 0.3 is 17.9 Å². The first-order valence-electron chi connectivity index (χ1n) is 10.5. The van der Waals surface area contributed by atoms with Crippen molar-refractivity contribution < 1.29 is 38.2 Å². The van der Waals surface area contributed by atoms with Crippen LogP contribution in [0, 0.1) is 6.92 Å². The first-order chi connectivity index (χ1) is 15.3. The molecule has 0 bridgehead atoms. The van der Waals surface area contributed by atoms with E-state index in [1.807, 2.05) is 0 Å². The van der Waals surface area contributed by atoms with Crippen molar-refractivity contribution in [3.8, 4) is 0 Å². The molecule has 2 rings (SSSR count). The van der Waals surface area contributed by atoms with Crippen LogP contribution >= 0.6 is 11.3 Å². The molecule has 1 aromatic rings. The maximum atomic E-state index is 12.4. The van der Waals surface area contributed by atoms with Crippen LogP contribution in [0.25, 0.3) is 0 Å². The fourth-order valence-electron chi connectivity index (χ4n) is 3.16. The number of hydrogen-bond donors (Lipinski definition) is 1. The van der Waals surface area contributed by atoms with E-state index < -0.39 is 30.4 Å². The summed E-state index contributed by atoms with van der Waals surface area (Å²) < 4.78 is 15.0. The maximum absolute atomic E-state index is 12.4. The van der Waals surface area contributed by atoms with Crippen LogP contribution in [0.3, 0.4) is 0 Å². The topological polar surface area (TPSA) is 128 Å². The molecule has 0 radical (unpaired) electrons. The minimum atomic E-state index is -0.699. The minimum Gasteiger partial charge on any atom is -0.462 e. The lowest BCUT2D eigenvalue weighted by molar-refractivity contribution is -0.151. The molecule has 11 heteroatoms. The van der Waals surface area contributed by atoms with Crippen molar-refractivity contribution in [1.82, 2.24) is 4.90 Å². The van der Waals surface area contributed by atoms with Crippen molar-refractivity contribution in [2.75, 3.05) is 38.2 Å². The van der Waals surface area contributed by atoms with E-state index in [9.17, 15) is 24.0 Å². The predicted octanol–water partition coefficient (Wildman–Crippen LogP) is 2.29. The number of likely N-dealkylation sites (tertiary alicyclic amines) is 1. The lowest BCUT2D eigenvalue weighted by Gasteiger charge is -2.19. The number of amides is 2. The molecule has 0 unspecified atom stereocenters. The zero-order valence-electron chi connectivity index (χ0n) is 18.5. The van der Waals surface area contributed by atoms with Gasteiger partial charge < -0.3 is 24.4 Å². The Balaban J connectivity index is 2.03. The third kappa shape index (κ3) is 6.78. The zero-order valence-corrected chi connectivity index (χ0v) is 19.3. The van der Waals surface area contributed by atoms with Crippen molar-refractivity contribution >= 4 is 46.1 Å². The molecule has 0 aliphatic carbocycles. The van der Waals surface area contributed by atoms with Crippen LogP contribution in [0.1, 0.15) is 65.1 Å². The van der Waals surface area contributed by atoms with Crippen LogP contribution in [0.5, 0.6) is 0 Å². The van der Waals surface area contributed by atoms with E-state index in [0.29, 0.717) is 18.5 Å². The average molecular weight is 469 g/mol. The van der Waals surface area contributed by atoms with Gasteiger partial charge in [-0.3, -0.25) is 14.4 Å². The molecule has 1 aliphatic heterocycles. The van der Waals surface area contributed by atoms with Crippen LogP contribution in [0.15, 0.2) is 0 Å². The van der Waals surface area contributed by atoms with Gasteiger partial charge in [0.25, 0.3) is 5.91 Å². The SMILES string of the molecule is CCOC(=O)c1sc(NC(=O)COC(=O)CN2CCCCCC2=O)c(C(=O)OCC)c1C. The number of nitrogens with zero attached hydrogens (tertiary/aromatic N) is 1. The quantitative estimate of drug-likeness (QED) is 0.432. The third-order valence-electron chi connectivity index (χ3n) is 4.70. The van der Waals surface area contributed by atoms with E-state index in [2.05, 4.69) is 5.32 Å². The van der Waals surface area contributed by atoms with Crippen molar-refractivity contribution in [3.05, 3.63) is 16.0 Å². The summed E-state index contributed by atoms with van der Waals surface area (Å²) >= 11 is 0.881. The van der Waals surface area contributed by atoms with Crippen molar-refractivity contribution in [2.45, 2.75) is 46.5 Å². The summed E-state index contributed by atoms with van der Waals surface area (Å²) in [4.78, 5) is 62.5. The summed E-state index contributed by atoms with van der Waals surface area (Å²) in [5, 5.41) is 2.60. The molecule has 0 aromatic carbocycles. The van der Waals surface area contributed by atoms with Crippen LogP contribution in [0.2, 0.25) is 0 Å². The van der Waals surface area contributed by atoms with E-state index in [0.717, 1.165) is 30.6 Å². The van der Waals surface area contributed by atoms with E-state index in [1.165, 1.54) is 4.90 Å². The summed E-state index contributed by atoms with van der Waals surface area (Å²) in [5.41, 5.74) is 0.383. The Morgan fingerprint density at radius 1 is 1.00 bits per heavy atom. The lowest BCUT2D eigenvalue weighted by Crippen LogP contribution is -2.36. The maximum Gasteiger partial charge on any atom is 0.348 e. The van der Waals surface area contributed by atoms with Crippen molar-refractivity contribution in [1.29, 1.82) is 0 Å². The second-order valence-electron chi connectivity index (χ2n) is 7.04. The number of anilines is 1. The summed E-state index contributed by atoms with van der Waals surface area (Å²) in [5.74, 6) is -2.81. The number of carbonyl (C=O) groups is 5. The molecule has 1 N–H and O–H groups in total. The van der Waals surface area contributed by atoms with E-state index in [4.69, 9.17) is 14.2 Å². The molecule has 1 fully saturated rings.